The van der Waals surface area contributed by atoms with Gasteiger partial charge in [0.05, 0.1) is 21.3 Å². The first kappa shape index (κ1) is 21.4. The van der Waals surface area contributed by atoms with Crippen molar-refractivity contribution in [3.8, 4) is 0 Å². The van der Waals surface area contributed by atoms with Crippen molar-refractivity contribution in [2.24, 2.45) is 0 Å². The lowest BCUT2D eigenvalue weighted by Gasteiger charge is -2.35. The van der Waals surface area contributed by atoms with E-state index < -0.39 is 23.1 Å². The third kappa shape index (κ3) is 4.64. The van der Waals surface area contributed by atoms with Crippen molar-refractivity contribution in [2.75, 3.05) is 11.9 Å². The Balaban J connectivity index is 1.85. The van der Waals surface area contributed by atoms with Crippen LogP contribution in [0, 0.1) is 22.1 Å². The maximum Gasteiger partial charge on any atom is 0.277 e. The second-order valence-electron chi connectivity index (χ2n) is 6.79. The number of amides is 1. The summed E-state index contributed by atoms with van der Waals surface area (Å²) in [6.07, 6.45) is 2.09. The Morgan fingerprint density at radius 2 is 2.04 bits per heavy atom. The lowest BCUT2D eigenvalue weighted by Crippen LogP contribution is -2.44. The lowest BCUT2D eigenvalue weighted by atomic mass is 9.81. The van der Waals surface area contributed by atoms with Crippen LogP contribution in [0.5, 0.6) is 0 Å². The highest BCUT2D eigenvalue weighted by Crippen LogP contribution is 2.33. The highest BCUT2D eigenvalue weighted by atomic mass is 127. The van der Waals surface area contributed by atoms with Gasteiger partial charge in [0, 0.05) is 9.26 Å². The van der Waals surface area contributed by atoms with Gasteiger partial charge < -0.3 is 10.4 Å². The minimum Gasteiger partial charge on any atom is -0.387 e. The van der Waals surface area contributed by atoms with Gasteiger partial charge in [-0.15, -0.1) is 0 Å². The van der Waals surface area contributed by atoms with Gasteiger partial charge in [-0.25, -0.2) is 14.3 Å². The third-order valence-corrected chi connectivity index (χ3v) is 5.89. The molecule has 0 atom stereocenters. The monoisotopic (exact) mass is 566 g/mol. The number of carbonyl (C=O) groups is 1. The van der Waals surface area contributed by atoms with Gasteiger partial charge in [-0.2, -0.15) is 0 Å². The molecule has 2 aromatic rings. The summed E-state index contributed by atoms with van der Waals surface area (Å²) in [5.41, 5.74) is 2.17. The van der Waals surface area contributed by atoms with Gasteiger partial charge in [0.25, 0.3) is 5.91 Å². The van der Waals surface area contributed by atoms with Crippen molar-refractivity contribution in [1.82, 2.24) is 5.48 Å². The molecule has 1 aliphatic rings. The summed E-state index contributed by atoms with van der Waals surface area (Å²) in [6.45, 7) is 1.75. The summed E-state index contributed by atoms with van der Waals surface area (Å²) in [5, 5.41) is 12.8. The topological polar surface area (TPSA) is 70.6 Å². The van der Waals surface area contributed by atoms with E-state index in [0.29, 0.717) is 18.5 Å². The minimum atomic E-state index is -1.19. The van der Waals surface area contributed by atoms with Gasteiger partial charge in [0.15, 0.2) is 11.6 Å². The molecule has 0 heterocycles. The summed E-state index contributed by atoms with van der Waals surface area (Å²) in [7, 11) is 0. The molecule has 0 aromatic heterocycles. The smallest absolute Gasteiger partial charge is 0.277 e. The molecule has 5 nitrogen and oxygen atoms in total. The quantitative estimate of drug-likeness (QED) is 0.263. The van der Waals surface area contributed by atoms with Gasteiger partial charge >= 0.3 is 0 Å². The Labute approximate surface area is 183 Å². The largest absolute Gasteiger partial charge is 0.387 e. The molecule has 0 radical (unpaired) electrons. The number of rotatable bonds is 6. The molecule has 1 saturated carbocycles. The fraction of sp³-hybridized carbons (Fsp3) is 0.316. The number of halogens is 4. The highest BCUT2D eigenvalue weighted by molar-refractivity contribution is 14.1. The molecule has 3 N–H and O–H groups in total. The third-order valence-electron chi connectivity index (χ3n) is 4.65. The maximum atomic E-state index is 14.6. The van der Waals surface area contributed by atoms with Crippen molar-refractivity contribution < 1.29 is 23.5 Å². The van der Waals surface area contributed by atoms with Crippen LogP contribution in [0.1, 0.15) is 35.2 Å². The molecule has 0 bridgehead atoms. The van der Waals surface area contributed by atoms with E-state index in [1.807, 2.05) is 19.1 Å². The molecule has 150 valence electrons. The van der Waals surface area contributed by atoms with Crippen molar-refractivity contribution >= 4 is 55.8 Å². The number of anilines is 2. The molecule has 28 heavy (non-hydrogen) atoms. The average molecular weight is 567 g/mol. The van der Waals surface area contributed by atoms with Crippen LogP contribution in [0.2, 0.25) is 0 Å². The van der Waals surface area contributed by atoms with E-state index in [-0.39, 0.29) is 22.3 Å². The van der Waals surface area contributed by atoms with E-state index in [1.165, 1.54) is 6.07 Å². The fourth-order valence-electron chi connectivity index (χ4n) is 2.82. The van der Waals surface area contributed by atoms with Crippen molar-refractivity contribution in [3.63, 3.8) is 0 Å². The van der Waals surface area contributed by atoms with Gasteiger partial charge in [-0.05, 0) is 94.5 Å². The van der Waals surface area contributed by atoms with Crippen LogP contribution in [0.3, 0.4) is 0 Å². The average Bonchev–Trinajstić information content (AvgIpc) is 2.62. The number of nitrogens with one attached hydrogen (secondary N) is 2. The minimum absolute atomic E-state index is 0.0669. The second kappa shape index (κ2) is 8.60. The van der Waals surface area contributed by atoms with E-state index in [1.54, 1.807) is 6.07 Å². The Bertz CT molecular complexity index is 923. The summed E-state index contributed by atoms with van der Waals surface area (Å²) in [6, 6.07) is 6.59. The van der Waals surface area contributed by atoms with Gasteiger partial charge in [-0.1, -0.05) is 0 Å². The number of hydrogen-bond acceptors (Lipinski definition) is 4. The number of aryl methyl sites for hydroxylation is 1. The second-order valence-corrected chi connectivity index (χ2v) is 8.89. The Hall–Kier alpha value is -1.30. The first-order valence-corrected chi connectivity index (χ1v) is 10.4. The van der Waals surface area contributed by atoms with E-state index in [0.717, 1.165) is 15.6 Å². The molecule has 1 amide bonds. The molecule has 0 saturated heterocycles. The van der Waals surface area contributed by atoms with Crippen LogP contribution in [0.25, 0.3) is 0 Å². The molecule has 2 aromatic carbocycles. The fourth-order valence-corrected chi connectivity index (χ4v) is 3.87. The SMILES string of the molecule is Cc1cc(I)ccc1Nc1c(C(=O)NOCC2(O)CCC2)cc(Br)c(F)c1F. The maximum absolute atomic E-state index is 14.6. The zero-order valence-electron chi connectivity index (χ0n) is 14.9. The van der Waals surface area contributed by atoms with Crippen LogP contribution in [-0.2, 0) is 4.84 Å². The first-order chi connectivity index (χ1) is 13.2. The predicted molar refractivity (Wildman–Crippen MR) is 113 cm³/mol. The molecule has 1 aliphatic carbocycles. The van der Waals surface area contributed by atoms with Gasteiger partial charge in [0.2, 0.25) is 0 Å². The van der Waals surface area contributed by atoms with Crippen LogP contribution >= 0.6 is 38.5 Å². The predicted octanol–water partition coefficient (Wildman–Crippen LogP) is 4.96. The molecular weight excluding hydrogens is 549 g/mol. The molecule has 9 heteroatoms. The number of carbonyl (C=O) groups excluding carboxylic acids is 1. The molecule has 0 spiro atoms. The summed E-state index contributed by atoms with van der Waals surface area (Å²) < 4.78 is 29.5. The highest BCUT2D eigenvalue weighted by Gasteiger charge is 2.35. The first-order valence-electron chi connectivity index (χ1n) is 8.55. The zero-order valence-corrected chi connectivity index (χ0v) is 18.7. The van der Waals surface area contributed by atoms with Crippen LogP contribution in [-0.4, -0.2) is 23.2 Å². The number of aliphatic hydroxyl groups is 1. The van der Waals surface area contributed by atoms with Gasteiger partial charge in [0.1, 0.15) is 6.61 Å². The van der Waals surface area contributed by atoms with E-state index in [2.05, 4.69) is 49.3 Å². The van der Waals surface area contributed by atoms with E-state index in [9.17, 15) is 18.7 Å². The molecular formula is C19H18BrF2IN2O3. The van der Waals surface area contributed by atoms with Crippen molar-refractivity contribution in [1.29, 1.82) is 0 Å². The molecule has 3 rings (SSSR count). The standard InChI is InChI=1S/C19H18BrF2IN2O3/c1-10-7-11(23)3-4-14(10)24-17-12(8-13(20)15(21)16(17)22)18(26)25-28-9-19(27)5-2-6-19/h3-4,7-8,24,27H,2,5-6,9H2,1H3,(H,25,26). The number of hydrogen-bond donors (Lipinski definition) is 3. The Morgan fingerprint density at radius 1 is 1.32 bits per heavy atom. The molecule has 0 aliphatic heterocycles. The zero-order chi connectivity index (χ0) is 20.5. The van der Waals surface area contributed by atoms with Crippen molar-refractivity contribution in [3.05, 3.63) is 55.1 Å². The molecule has 1 fully saturated rings. The van der Waals surface area contributed by atoms with Crippen molar-refractivity contribution in [2.45, 2.75) is 31.8 Å². The lowest BCUT2D eigenvalue weighted by molar-refractivity contribution is -0.113. The van der Waals surface area contributed by atoms with Crippen LogP contribution in [0.4, 0.5) is 20.2 Å². The normalized spacial score (nSPS) is 15.1. The number of benzene rings is 2. The Morgan fingerprint density at radius 3 is 2.64 bits per heavy atom. The Kier molecular flexibility index (Phi) is 6.58. The molecule has 0 unspecified atom stereocenters. The summed E-state index contributed by atoms with van der Waals surface area (Å²) in [4.78, 5) is 17.6. The van der Waals surface area contributed by atoms with Crippen LogP contribution < -0.4 is 10.8 Å². The van der Waals surface area contributed by atoms with E-state index in [4.69, 9.17) is 4.84 Å². The number of hydroxylamine groups is 1. The summed E-state index contributed by atoms with van der Waals surface area (Å²) in [5.74, 6) is -3.05. The van der Waals surface area contributed by atoms with Gasteiger partial charge in [-0.3, -0.25) is 9.63 Å². The van der Waals surface area contributed by atoms with Crippen LogP contribution in [0.15, 0.2) is 28.7 Å². The summed E-state index contributed by atoms with van der Waals surface area (Å²) >= 11 is 5.07. The van der Waals surface area contributed by atoms with E-state index >= 15 is 0 Å².